The van der Waals surface area contributed by atoms with Gasteiger partial charge in [-0.15, -0.1) is 0 Å². The van der Waals surface area contributed by atoms with Crippen molar-refractivity contribution in [1.82, 2.24) is 39.3 Å². The highest BCUT2D eigenvalue weighted by Crippen LogP contribution is 2.33. The Morgan fingerprint density at radius 2 is 2.14 bits per heavy atom. The van der Waals surface area contributed by atoms with Crippen molar-refractivity contribution < 1.29 is 0 Å². The van der Waals surface area contributed by atoms with E-state index in [9.17, 15) is 0 Å². The molecule has 0 bridgehead atoms. The second-order valence-corrected chi connectivity index (χ2v) is 7.27. The molecule has 0 aliphatic heterocycles. The number of nitrogen functional groups attached to an aromatic ring is 1. The van der Waals surface area contributed by atoms with E-state index in [2.05, 4.69) is 35.7 Å². The molecule has 2 N–H and O–H groups in total. The average Bonchev–Trinajstić information content (AvgIpc) is 3.27. The summed E-state index contributed by atoms with van der Waals surface area (Å²) in [6.45, 7) is 3.01. The number of rotatable bonds is 5. The Morgan fingerprint density at radius 3 is 2.93 bits per heavy atom. The zero-order valence-electron chi connectivity index (χ0n) is 15.8. The Kier molecular flexibility index (Phi) is 3.94. The van der Waals surface area contributed by atoms with E-state index < -0.39 is 0 Å². The van der Waals surface area contributed by atoms with E-state index in [0.717, 1.165) is 18.2 Å². The Labute approximate surface area is 166 Å². The molecule has 10 heteroatoms. The second-order valence-electron chi connectivity index (χ2n) is 7.27. The zero-order valence-corrected chi connectivity index (χ0v) is 15.8. The normalized spacial score (nSPS) is 14.8. The molecular formula is C19H18N10. The van der Waals surface area contributed by atoms with Crippen LogP contribution in [0.25, 0.3) is 22.4 Å². The molecule has 1 unspecified atom stereocenters. The van der Waals surface area contributed by atoms with Gasteiger partial charge in [0, 0.05) is 12.7 Å². The second kappa shape index (κ2) is 6.63. The first-order chi connectivity index (χ1) is 14.1. The number of aromatic nitrogens is 8. The van der Waals surface area contributed by atoms with Crippen LogP contribution < -0.4 is 5.73 Å². The largest absolute Gasteiger partial charge is 0.383 e. The summed E-state index contributed by atoms with van der Waals surface area (Å²) in [5.74, 6) is 1.06. The minimum Gasteiger partial charge on any atom is -0.383 e. The molecule has 0 spiro atoms. The summed E-state index contributed by atoms with van der Waals surface area (Å²) in [4.78, 5) is 21.5. The number of nitriles is 1. The van der Waals surface area contributed by atoms with Crippen molar-refractivity contribution in [3.05, 3.63) is 42.6 Å². The molecule has 1 fully saturated rings. The van der Waals surface area contributed by atoms with Crippen molar-refractivity contribution in [2.75, 3.05) is 5.73 Å². The van der Waals surface area contributed by atoms with E-state index in [1.165, 1.54) is 25.4 Å². The third-order valence-corrected chi connectivity index (χ3v) is 5.12. The van der Waals surface area contributed by atoms with Gasteiger partial charge < -0.3 is 10.3 Å². The first kappa shape index (κ1) is 17.2. The maximum Gasteiger partial charge on any atom is 0.164 e. The number of hydrogen-bond donors (Lipinski definition) is 1. The summed E-state index contributed by atoms with van der Waals surface area (Å²) in [5.41, 5.74) is 8.75. The molecule has 4 aromatic rings. The van der Waals surface area contributed by atoms with Crippen LogP contribution in [0.1, 0.15) is 37.2 Å². The summed E-state index contributed by atoms with van der Waals surface area (Å²) in [6, 6.07) is 1.82. The van der Waals surface area contributed by atoms with Crippen LogP contribution in [0.15, 0.2) is 31.2 Å². The van der Waals surface area contributed by atoms with Crippen LogP contribution in [0.5, 0.6) is 0 Å². The Morgan fingerprint density at radius 1 is 1.28 bits per heavy atom. The molecule has 144 valence electrons. The first-order valence-corrected chi connectivity index (χ1v) is 9.37. The van der Waals surface area contributed by atoms with Crippen LogP contribution in [0, 0.1) is 17.2 Å². The molecule has 1 atom stereocenters. The van der Waals surface area contributed by atoms with Gasteiger partial charge in [-0.2, -0.15) is 10.4 Å². The van der Waals surface area contributed by atoms with Gasteiger partial charge in [-0.25, -0.2) is 24.6 Å². The number of nitrogens with two attached hydrogens (primary N) is 1. The molecule has 4 aromatic heterocycles. The van der Waals surface area contributed by atoms with Crippen molar-refractivity contribution in [1.29, 1.82) is 5.26 Å². The minimum atomic E-state index is -0.173. The number of nitrogens with zero attached hydrogens (tertiary/aromatic N) is 9. The predicted molar refractivity (Wildman–Crippen MR) is 104 cm³/mol. The van der Waals surface area contributed by atoms with Crippen molar-refractivity contribution in [3.63, 3.8) is 0 Å². The van der Waals surface area contributed by atoms with Crippen molar-refractivity contribution in [2.45, 2.75) is 32.4 Å². The monoisotopic (exact) mass is 386 g/mol. The fourth-order valence-electron chi connectivity index (χ4n) is 3.40. The molecule has 0 saturated heterocycles. The summed E-state index contributed by atoms with van der Waals surface area (Å²) in [5, 5.41) is 14.5. The molecule has 5 rings (SSSR count). The molecule has 29 heavy (non-hydrogen) atoms. The zero-order chi connectivity index (χ0) is 20.0. The summed E-state index contributed by atoms with van der Waals surface area (Å²) in [6.07, 6.45) is 10.9. The summed E-state index contributed by atoms with van der Waals surface area (Å²) < 4.78 is 3.90. The predicted octanol–water partition coefficient (Wildman–Crippen LogP) is 1.95. The van der Waals surface area contributed by atoms with Crippen LogP contribution in [0.2, 0.25) is 0 Å². The molecule has 0 radical (unpaired) electrons. The van der Waals surface area contributed by atoms with Crippen molar-refractivity contribution in [3.8, 4) is 17.5 Å². The standard InChI is InChI=1S/C19H18N10/c1-11(15-8-28(10-25-15)7-12-2-3-12)29-19-16(18(21)23-9-24-19)17(27-29)14-6-22-5-13(4-20)26-14/h5-6,8-12H,2-3,7H2,1H3,(H2,21,23,24). The first-order valence-electron chi connectivity index (χ1n) is 9.37. The Bertz CT molecular complexity index is 1240. The van der Waals surface area contributed by atoms with Gasteiger partial charge in [0.2, 0.25) is 0 Å². The van der Waals surface area contributed by atoms with Crippen LogP contribution in [-0.2, 0) is 6.54 Å². The van der Waals surface area contributed by atoms with Gasteiger partial charge in [0.25, 0.3) is 0 Å². The highest BCUT2D eigenvalue weighted by Gasteiger charge is 2.25. The molecule has 0 amide bonds. The van der Waals surface area contributed by atoms with Gasteiger partial charge in [0.15, 0.2) is 11.3 Å². The van der Waals surface area contributed by atoms with Crippen LogP contribution >= 0.6 is 0 Å². The fraction of sp³-hybridized carbons (Fsp3) is 0.316. The van der Waals surface area contributed by atoms with Crippen molar-refractivity contribution in [2.24, 2.45) is 5.92 Å². The molecular weight excluding hydrogens is 368 g/mol. The minimum absolute atomic E-state index is 0.173. The molecule has 1 aliphatic carbocycles. The highest BCUT2D eigenvalue weighted by atomic mass is 15.3. The van der Waals surface area contributed by atoms with E-state index in [0.29, 0.717) is 28.2 Å². The number of hydrogen-bond acceptors (Lipinski definition) is 8. The fourth-order valence-corrected chi connectivity index (χ4v) is 3.40. The van der Waals surface area contributed by atoms with E-state index >= 15 is 0 Å². The number of fused-ring (bicyclic) bond motifs is 1. The van der Waals surface area contributed by atoms with Crippen LogP contribution in [0.3, 0.4) is 0 Å². The van der Waals surface area contributed by atoms with Gasteiger partial charge in [-0.05, 0) is 25.7 Å². The lowest BCUT2D eigenvalue weighted by Gasteiger charge is -2.10. The smallest absolute Gasteiger partial charge is 0.164 e. The van der Waals surface area contributed by atoms with Crippen LogP contribution in [0.4, 0.5) is 5.82 Å². The average molecular weight is 386 g/mol. The third kappa shape index (κ3) is 3.06. The lowest BCUT2D eigenvalue weighted by molar-refractivity contribution is 0.566. The lowest BCUT2D eigenvalue weighted by Crippen LogP contribution is -2.10. The molecule has 0 aromatic carbocycles. The van der Waals surface area contributed by atoms with Gasteiger partial charge in [0.1, 0.15) is 29.6 Å². The van der Waals surface area contributed by atoms with E-state index in [4.69, 9.17) is 16.1 Å². The highest BCUT2D eigenvalue weighted by molar-refractivity contribution is 5.97. The maximum absolute atomic E-state index is 9.15. The SMILES string of the molecule is CC(c1cn(CC2CC2)cn1)n1nc(-c2cncc(C#N)n2)c2c(N)ncnc21. The van der Waals surface area contributed by atoms with Gasteiger partial charge in [0.05, 0.1) is 35.8 Å². The maximum atomic E-state index is 9.15. The van der Waals surface area contributed by atoms with E-state index in [-0.39, 0.29) is 11.7 Å². The molecule has 4 heterocycles. The number of imidazole rings is 1. The topological polar surface area (TPSA) is 137 Å². The number of anilines is 1. The van der Waals surface area contributed by atoms with Gasteiger partial charge in [-0.1, -0.05) is 0 Å². The quantitative estimate of drug-likeness (QED) is 0.549. The Balaban J connectivity index is 1.61. The lowest BCUT2D eigenvalue weighted by atomic mass is 10.2. The van der Waals surface area contributed by atoms with E-state index in [1.807, 2.05) is 19.3 Å². The third-order valence-electron chi connectivity index (χ3n) is 5.12. The van der Waals surface area contributed by atoms with Gasteiger partial charge >= 0.3 is 0 Å². The van der Waals surface area contributed by atoms with Crippen molar-refractivity contribution >= 4 is 16.9 Å². The van der Waals surface area contributed by atoms with E-state index in [1.54, 1.807) is 10.9 Å². The summed E-state index contributed by atoms with van der Waals surface area (Å²) in [7, 11) is 0. The van der Waals surface area contributed by atoms with Gasteiger partial charge in [-0.3, -0.25) is 4.98 Å². The molecule has 1 aliphatic rings. The summed E-state index contributed by atoms with van der Waals surface area (Å²) >= 11 is 0. The van der Waals surface area contributed by atoms with Crippen LogP contribution in [-0.4, -0.2) is 39.3 Å². The molecule has 1 saturated carbocycles. The molecule has 10 nitrogen and oxygen atoms in total. The Hall–Kier alpha value is -3.87.